The predicted molar refractivity (Wildman–Crippen MR) is 36.3 cm³/mol. The molecule has 0 aromatic rings. The third-order valence-electron chi connectivity index (χ3n) is 1.96. The van der Waals surface area contributed by atoms with Crippen LogP contribution < -0.4 is 10.6 Å². The highest BCUT2D eigenvalue weighted by Gasteiger charge is 2.31. The van der Waals surface area contributed by atoms with Crippen molar-refractivity contribution in [1.29, 1.82) is 0 Å². The normalized spacial score (nSPS) is 35.3. The monoisotopic (exact) mass is 130 g/mol. The van der Waals surface area contributed by atoms with Gasteiger partial charge in [0.1, 0.15) is 5.72 Å². The predicted octanol–water partition coefficient (Wildman–Crippen LogP) is -0.458. The molecule has 0 aliphatic carbocycles. The fraction of sp³-hybridized carbons (Fsp3) is 1.00. The summed E-state index contributed by atoms with van der Waals surface area (Å²) in [5.74, 6) is 0. The van der Waals surface area contributed by atoms with Gasteiger partial charge in [0.25, 0.3) is 0 Å². The van der Waals surface area contributed by atoms with Crippen LogP contribution >= 0.6 is 0 Å². The molecule has 9 heavy (non-hydrogen) atoms. The molecule has 3 heteroatoms. The maximum atomic E-state index is 5.27. The standard InChI is InChI=1S/C6H14N2O/c1-7-6(9-2)3-4-8-5-6/h7-8H,3-5H2,1-2H3. The summed E-state index contributed by atoms with van der Waals surface area (Å²) in [7, 11) is 3.67. The Morgan fingerprint density at radius 3 is 2.67 bits per heavy atom. The number of nitrogens with one attached hydrogen (secondary N) is 2. The number of hydrogen-bond donors (Lipinski definition) is 2. The first kappa shape index (κ1) is 6.99. The number of rotatable bonds is 2. The molecule has 1 rings (SSSR count). The Labute approximate surface area is 55.8 Å². The molecule has 0 aromatic heterocycles. The minimum absolute atomic E-state index is 0.0833. The van der Waals surface area contributed by atoms with Crippen LogP contribution in [0.15, 0.2) is 0 Å². The van der Waals surface area contributed by atoms with Gasteiger partial charge in [-0.25, -0.2) is 0 Å². The summed E-state index contributed by atoms with van der Waals surface area (Å²) in [6, 6.07) is 0. The molecule has 0 aromatic carbocycles. The molecular weight excluding hydrogens is 116 g/mol. The van der Waals surface area contributed by atoms with Gasteiger partial charge < -0.3 is 10.1 Å². The number of hydrogen-bond acceptors (Lipinski definition) is 3. The van der Waals surface area contributed by atoms with Gasteiger partial charge in [-0.2, -0.15) is 0 Å². The largest absolute Gasteiger partial charge is 0.362 e. The summed E-state index contributed by atoms with van der Waals surface area (Å²) < 4.78 is 5.27. The first-order valence-corrected chi connectivity index (χ1v) is 3.28. The number of methoxy groups -OCH3 is 1. The van der Waals surface area contributed by atoms with Crippen molar-refractivity contribution in [1.82, 2.24) is 10.6 Å². The summed E-state index contributed by atoms with van der Waals surface area (Å²) >= 11 is 0. The van der Waals surface area contributed by atoms with E-state index in [4.69, 9.17) is 4.74 Å². The Balaban J connectivity index is 2.45. The molecule has 1 atom stereocenters. The van der Waals surface area contributed by atoms with Gasteiger partial charge in [0, 0.05) is 20.1 Å². The molecular formula is C6H14N2O. The van der Waals surface area contributed by atoms with E-state index < -0.39 is 0 Å². The Hall–Kier alpha value is -0.120. The molecule has 1 heterocycles. The van der Waals surface area contributed by atoms with Crippen LogP contribution in [0.25, 0.3) is 0 Å². The van der Waals surface area contributed by atoms with Crippen molar-refractivity contribution in [3.63, 3.8) is 0 Å². The highest BCUT2D eigenvalue weighted by Crippen LogP contribution is 2.13. The van der Waals surface area contributed by atoms with Gasteiger partial charge in [-0.15, -0.1) is 0 Å². The van der Waals surface area contributed by atoms with E-state index in [0.29, 0.717) is 0 Å². The van der Waals surface area contributed by atoms with Gasteiger partial charge in [-0.3, -0.25) is 5.32 Å². The third kappa shape index (κ3) is 1.23. The van der Waals surface area contributed by atoms with Gasteiger partial charge in [-0.05, 0) is 13.6 Å². The molecule has 0 bridgehead atoms. The van der Waals surface area contributed by atoms with E-state index in [9.17, 15) is 0 Å². The minimum Gasteiger partial charge on any atom is -0.362 e. The highest BCUT2D eigenvalue weighted by atomic mass is 16.5. The lowest BCUT2D eigenvalue weighted by atomic mass is 10.2. The molecule has 1 unspecified atom stereocenters. The zero-order valence-corrected chi connectivity index (χ0v) is 6.03. The average molecular weight is 130 g/mol. The van der Waals surface area contributed by atoms with Crippen LogP contribution in [-0.4, -0.2) is 33.0 Å². The van der Waals surface area contributed by atoms with Crippen LogP contribution in [-0.2, 0) is 4.74 Å². The Bertz CT molecular complexity index is 83.1. The van der Waals surface area contributed by atoms with Gasteiger partial charge in [0.2, 0.25) is 0 Å². The summed E-state index contributed by atoms with van der Waals surface area (Å²) in [6.45, 7) is 1.97. The van der Waals surface area contributed by atoms with Crippen molar-refractivity contribution in [2.75, 3.05) is 27.2 Å². The van der Waals surface area contributed by atoms with E-state index in [1.165, 1.54) is 0 Å². The van der Waals surface area contributed by atoms with Crippen molar-refractivity contribution >= 4 is 0 Å². The highest BCUT2D eigenvalue weighted by molar-refractivity contribution is 4.85. The van der Waals surface area contributed by atoms with Crippen molar-refractivity contribution < 1.29 is 4.74 Å². The third-order valence-corrected chi connectivity index (χ3v) is 1.96. The van der Waals surface area contributed by atoms with Crippen LogP contribution in [0.2, 0.25) is 0 Å². The molecule has 0 saturated carbocycles. The second-order valence-corrected chi connectivity index (χ2v) is 2.38. The van der Waals surface area contributed by atoms with Crippen molar-refractivity contribution in [2.24, 2.45) is 0 Å². The lowest BCUT2D eigenvalue weighted by Crippen LogP contribution is -2.46. The lowest BCUT2D eigenvalue weighted by molar-refractivity contribution is -0.0157. The maximum Gasteiger partial charge on any atom is 0.132 e. The van der Waals surface area contributed by atoms with Gasteiger partial charge >= 0.3 is 0 Å². The fourth-order valence-electron chi connectivity index (χ4n) is 1.16. The zero-order valence-electron chi connectivity index (χ0n) is 6.03. The molecule has 1 aliphatic rings. The SMILES string of the molecule is CNC1(OC)CCNC1. The molecule has 3 nitrogen and oxygen atoms in total. The number of likely N-dealkylation sites (N-methyl/N-ethyl adjacent to an activating group) is 1. The van der Waals surface area contributed by atoms with E-state index in [0.717, 1.165) is 19.5 Å². The van der Waals surface area contributed by atoms with Crippen LogP contribution in [0.4, 0.5) is 0 Å². The van der Waals surface area contributed by atoms with E-state index in [1.54, 1.807) is 7.11 Å². The Morgan fingerprint density at radius 2 is 2.44 bits per heavy atom. The van der Waals surface area contributed by atoms with Gasteiger partial charge in [-0.1, -0.05) is 0 Å². The Kier molecular flexibility index (Phi) is 2.05. The van der Waals surface area contributed by atoms with E-state index >= 15 is 0 Å². The lowest BCUT2D eigenvalue weighted by Gasteiger charge is -2.25. The zero-order chi connectivity index (χ0) is 6.74. The summed E-state index contributed by atoms with van der Waals surface area (Å²) in [4.78, 5) is 0. The van der Waals surface area contributed by atoms with Gasteiger partial charge in [0.15, 0.2) is 0 Å². The molecule has 0 amide bonds. The molecule has 1 fully saturated rings. The first-order chi connectivity index (χ1) is 4.33. The average Bonchev–Trinajstić information content (AvgIpc) is 2.36. The topological polar surface area (TPSA) is 33.3 Å². The summed E-state index contributed by atoms with van der Waals surface area (Å²) in [5, 5.41) is 6.37. The smallest absolute Gasteiger partial charge is 0.132 e. The Morgan fingerprint density at radius 1 is 1.67 bits per heavy atom. The van der Waals surface area contributed by atoms with Crippen LogP contribution in [0, 0.1) is 0 Å². The van der Waals surface area contributed by atoms with Crippen LogP contribution in [0.5, 0.6) is 0 Å². The van der Waals surface area contributed by atoms with Crippen LogP contribution in [0.1, 0.15) is 6.42 Å². The molecule has 0 radical (unpaired) electrons. The summed E-state index contributed by atoms with van der Waals surface area (Å²) in [6.07, 6.45) is 1.06. The molecule has 54 valence electrons. The summed E-state index contributed by atoms with van der Waals surface area (Å²) in [5.41, 5.74) is -0.0833. The second-order valence-electron chi connectivity index (χ2n) is 2.38. The van der Waals surface area contributed by atoms with Crippen molar-refractivity contribution in [2.45, 2.75) is 12.1 Å². The maximum absolute atomic E-state index is 5.27. The molecule has 2 N–H and O–H groups in total. The van der Waals surface area contributed by atoms with Crippen molar-refractivity contribution in [3.05, 3.63) is 0 Å². The van der Waals surface area contributed by atoms with Crippen LogP contribution in [0.3, 0.4) is 0 Å². The van der Waals surface area contributed by atoms with E-state index in [2.05, 4.69) is 10.6 Å². The molecule has 1 aliphatic heterocycles. The van der Waals surface area contributed by atoms with Gasteiger partial charge in [0.05, 0.1) is 0 Å². The second kappa shape index (κ2) is 2.64. The fourth-order valence-corrected chi connectivity index (χ4v) is 1.16. The molecule has 0 spiro atoms. The first-order valence-electron chi connectivity index (χ1n) is 3.28. The van der Waals surface area contributed by atoms with E-state index in [-0.39, 0.29) is 5.72 Å². The van der Waals surface area contributed by atoms with E-state index in [1.807, 2.05) is 7.05 Å². The molecule has 1 saturated heterocycles. The number of ether oxygens (including phenoxy) is 1. The minimum atomic E-state index is -0.0833. The quantitative estimate of drug-likeness (QED) is 0.496. The van der Waals surface area contributed by atoms with Crippen molar-refractivity contribution in [3.8, 4) is 0 Å².